The van der Waals surface area contributed by atoms with E-state index in [0.29, 0.717) is 33.6 Å². The maximum absolute atomic E-state index is 12.5. The first-order chi connectivity index (χ1) is 13.7. The fourth-order valence-corrected chi connectivity index (χ4v) is 3.03. The Balaban J connectivity index is 1.83. The number of furan rings is 1. The molecule has 29 heavy (non-hydrogen) atoms. The molecule has 0 fully saturated rings. The van der Waals surface area contributed by atoms with E-state index in [1.807, 2.05) is 0 Å². The van der Waals surface area contributed by atoms with Crippen LogP contribution < -0.4 is 8.92 Å². The second kappa shape index (κ2) is 8.69. The minimum atomic E-state index is -4.54. The second-order valence-corrected chi connectivity index (χ2v) is 6.92. The summed E-state index contributed by atoms with van der Waals surface area (Å²) in [6, 6.07) is 11.7. The number of carbonyl (C=O) groups is 1. The molecule has 3 aromatic rings. The minimum absolute atomic E-state index is 0.0307. The molecule has 0 aliphatic rings. The van der Waals surface area contributed by atoms with Gasteiger partial charge in [0.25, 0.3) is 0 Å². The third kappa shape index (κ3) is 5.60. The van der Waals surface area contributed by atoms with Crippen molar-refractivity contribution in [2.45, 2.75) is 25.5 Å². The molecule has 0 radical (unpaired) electrons. The van der Waals surface area contributed by atoms with Crippen LogP contribution in [0.5, 0.6) is 11.5 Å². The van der Waals surface area contributed by atoms with Crippen LogP contribution >= 0.6 is 12.0 Å². The predicted molar refractivity (Wildman–Crippen MR) is 102 cm³/mol. The number of halogens is 3. The van der Waals surface area contributed by atoms with Crippen LogP contribution in [0.15, 0.2) is 46.9 Å². The van der Waals surface area contributed by atoms with Crippen LogP contribution in [-0.2, 0) is 22.6 Å². The number of hydrogen-bond donors (Lipinski definition) is 0. The zero-order chi connectivity index (χ0) is 21.0. The van der Waals surface area contributed by atoms with E-state index >= 15 is 0 Å². The number of hydrogen-bond acceptors (Lipinski definition) is 6. The standard InChI is InChI=1S/C20H17F3O5S/c1-12-7-15-17(27-12)8-13(9-18(15)28-29-20(21,22)23)11-26-16-6-4-3-5-14(16)10-19(24)25-2/h3-9H,10-11H2,1-2H3. The van der Waals surface area contributed by atoms with Gasteiger partial charge in [-0.2, -0.15) is 13.2 Å². The average Bonchev–Trinajstić information content (AvgIpc) is 3.04. The van der Waals surface area contributed by atoms with Crippen molar-refractivity contribution in [3.63, 3.8) is 0 Å². The third-order valence-electron chi connectivity index (χ3n) is 3.94. The molecular formula is C20H17F3O5S. The Bertz CT molecular complexity index is 1010. The van der Waals surface area contributed by atoms with Crippen molar-refractivity contribution in [2.75, 3.05) is 7.11 Å². The van der Waals surface area contributed by atoms with Gasteiger partial charge in [-0.25, -0.2) is 0 Å². The molecule has 0 aliphatic carbocycles. The van der Waals surface area contributed by atoms with E-state index < -0.39 is 23.5 Å². The number of carbonyl (C=O) groups excluding carboxylic acids is 1. The summed E-state index contributed by atoms with van der Waals surface area (Å²) in [6.45, 7) is 1.74. The molecule has 0 bridgehead atoms. The van der Waals surface area contributed by atoms with Gasteiger partial charge in [-0.3, -0.25) is 4.79 Å². The van der Waals surface area contributed by atoms with Crippen molar-refractivity contribution in [3.05, 3.63) is 59.4 Å². The summed E-state index contributed by atoms with van der Waals surface area (Å²) >= 11 is -0.588. The Hall–Kier alpha value is -2.81. The largest absolute Gasteiger partial charge is 0.489 e. The van der Waals surface area contributed by atoms with Crippen molar-refractivity contribution in [1.82, 2.24) is 0 Å². The van der Waals surface area contributed by atoms with Gasteiger partial charge < -0.3 is 18.1 Å². The second-order valence-electron chi connectivity index (χ2n) is 6.12. The number of esters is 1. The first kappa shape index (κ1) is 20.9. The fourth-order valence-electron chi connectivity index (χ4n) is 2.71. The maximum Gasteiger partial charge on any atom is 0.479 e. The fraction of sp³-hybridized carbons (Fsp3) is 0.250. The highest BCUT2D eigenvalue weighted by Crippen LogP contribution is 2.37. The van der Waals surface area contributed by atoms with E-state index in [-0.39, 0.29) is 18.8 Å². The number of benzene rings is 2. The van der Waals surface area contributed by atoms with Gasteiger partial charge in [0.2, 0.25) is 0 Å². The Morgan fingerprint density at radius 1 is 1.14 bits per heavy atom. The molecule has 0 aliphatic heterocycles. The summed E-state index contributed by atoms with van der Waals surface area (Å²) in [4.78, 5) is 11.6. The van der Waals surface area contributed by atoms with Crippen molar-refractivity contribution in [1.29, 1.82) is 0 Å². The van der Waals surface area contributed by atoms with E-state index in [0.717, 1.165) is 0 Å². The summed E-state index contributed by atoms with van der Waals surface area (Å²) < 4.78 is 58.5. The number of para-hydroxylation sites is 1. The third-order valence-corrected chi connectivity index (χ3v) is 4.39. The van der Waals surface area contributed by atoms with Crippen LogP contribution in [0.3, 0.4) is 0 Å². The SMILES string of the molecule is COC(=O)Cc1ccccc1OCc1cc(OSC(F)(F)F)c2cc(C)oc2c1. The monoisotopic (exact) mass is 426 g/mol. The van der Waals surface area contributed by atoms with Crippen LogP contribution in [-0.4, -0.2) is 18.6 Å². The Morgan fingerprint density at radius 2 is 1.90 bits per heavy atom. The minimum Gasteiger partial charge on any atom is -0.489 e. The summed E-state index contributed by atoms with van der Waals surface area (Å²) in [5.74, 6) is 0.639. The maximum atomic E-state index is 12.5. The van der Waals surface area contributed by atoms with Gasteiger partial charge in [0.05, 0.1) is 18.9 Å². The van der Waals surface area contributed by atoms with Crippen LogP contribution in [0.4, 0.5) is 13.2 Å². The van der Waals surface area contributed by atoms with Crippen LogP contribution in [0.1, 0.15) is 16.9 Å². The molecule has 1 heterocycles. The first-order valence-electron chi connectivity index (χ1n) is 8.48. The number of methoxy groups -OCH3 is 1. The number of aryl methyl sites for hydroxylation is 1. The highest BCUT2D eigenvalue weighted by Gasteiger charge is 2.32. The quantitative estimate of drug-likeness (QED) is 0.363. The van der Waals surface area contributed by atoms with Gasteiger partial charge in [-0.1, -0.05) is 18.2 Å². The van der Waals surface area contributed by atoms with Gasteiger partial charge in [0, 0.05) is 5.56 Å². The van der Waals surface area contributed by atoms with Crippen molar-refractivity contribution < 1.29 is 36.0 Å². The van der Waals surface area contributed by atoms with Crippen molar-refractivity contribution in [2.24, 2.45) is 0 Å². The molecule has 0 saturated carbocycles. The smallest absolute Gasteiger partial charge is 0.479 e. The van der Waals surface area contributed by atoms with Gasteiger partial charge >= 0.3 is 11.5 Å². The molecule has 3 rings (SSSR count). The molecule has 0 amide bonds. The number of rotatable bonds is 7. The zero-order valence-corrected chi connectivity index (χ0v) is 16.4. The molecule has 0 unspecified atom stereocenters. The summed E-state index contributed by atoms with van der Waals surface area (Å²) in [5, 5.41) is 0.439. The number of fused-ring (bicyclic) bond motifs is 1. The molecule has 2 aromatic carbocycles. The van der Waals surface area contributed by atoms with Crippen molar-refractivity contribution >= 4 is 29.0 Å². The molecule has 9 heteroatoms. The first-order valence-corrected chi connectivity index (χ1v) is 9.22. The van der Waals surface area contributed by atoms with E-state index in [2.05, 4.69) is 4.74 Å². The molecule has 154 valence electrons. The molecule has 0 spiro atoms. The average molecular weight is 426 g/mol. The van der Waals surface area contributed by atoms with E-state index in [4.69, 9.17) is 13.3 Å². The van der Waals surface area contributed by atoms with Gasteiger partial charge in [-0.05, 0) is 36.8 Å². The Labute approximate surface area is 168 Å². The predicted octanol–water partition coefficient (Wildman–Crippen LogP) is 5.58. The van der Waals surface area contributed by atoms with Gasteiger partial charge in [0.1, 0.15) is 29.4 Å². The summed E-state index contributed by atoms with van der Waals surface area (Å²) in [5.41, 5.74) is -2.95. The van der Waals surface area contributed by atoms with Crippen LogP contribution in [0.2, 0.25) is 0 Å². The molecule has 0 atom stereocenters. The molecule has 0 saturated heterocycles. The van der Waals surface area contributed by atoms with Crippen LogP contribution in [0.25, 0.3) is 11.0 Å². The van der Waals surface area contributed by atoms with Crippen molar-refractivity contribution in [3.8, 4) is 11.5 Å². The Morgan fingerprint density at radius 3 is 2.62 bits per heavy atom. The lowest BCUT2D eigenvalue weighted by Crippen LogP contribution is -2.07. The number of ether oxygens (including phenoxy) is 2. The molecule has 1 aromatic heterocycles. The lowest BCUT2D eigenvalue weighted by molar-refractivity contribution is -0.139. The van der Waals surface area contributed by atoms with E-state index in [1.54, 1.807) is 43.3 Å². The highest BCUT2D eigenvalue weighted by molar-refractivity contribution is 7.95. The molecule has 0 N–H and O–H groups in total. The van der Waals surface area contributed by atoms with Gasteiger partial charge in [-0.15, -0.1) is 0 Å². The summed E-state index contributed by atoms with van der Waals surface area (Å²) in [6.07, 6.45) is 0.0413. The summed E-state index contributed by atoms with van der Waals surface area (Å²) in [7, 11) is 1.30. The molecular weight excluding hydrogens is 409 g/mol. The van der Waals surface area contributed by atoms with E-state index in [1.165, 1.54) is 13.2 Å². The highest BCUT2D eigenvalue weighted by atomic mass is 32.2. The number of alkyl halides is 3. The van der Waals surface area contributed by atoms with Crippen LogP contribution in [0, 0.1) is 6.92 Å². The lowest BCUT2D eigenvalue weighted by atomic mass is 10.1. The molecule has 5 nitrogen and oxygen atoms in total. The Kier molecular flexibility index (Phi) is 6.26. The van der Waals surface area contributed by atoms with Gasteiger partial charge in [0.15, 0.2) is 12.0 Å². The van der Waals surface area contributed by atoms with E-state index in [9.17, 15) is 18.0 Å². The normalized spacial score (nSPS) is 11.5. The lowest BCUT2D eigenvalue weighted by Gasteiger charge is -2.12. The zero-order valence-electron chi connectivity index (χ0n) is 15.5. The topological polar surface area (TPSA) is 57.9 Å².